The van der Waals surface area contributed by atoms with Crippen LogP contribution in [0.3, 0.4) is 0 Å². The second-order valence-corrected chi connectivity index (χ2v) is 4.91. The molecule has 0 bridgehead atoms. The van der Waals surface area contributed by atoms with Crippen LogP contribution in [-0.2, 0) is 16.0 Å². The molecule has 0 fully saturated rings. The zero-order valence-electron chi connectivity index (χ0n) is 11.9. The molecule has 0 N–H and O–H groups in total. The molecule has 0 saturated carbocycles. The maximum Gasteiger partial charge on any atom is 0.163 e. The number of rotatable bonds is 7. The standard InChI is InChI=1S/C19H18O2/c20-18(13-11-16-7-3-1-4-8-16)15-19(21)14-12-17-9-5-2-6-10-17/h1-11,13H,12,14-15H2/b13-11+. The molecule has 0 saturated heterocycles. The molecule has 0 radical (unpaired) electrons. The predicted molar refractivity (Wildman–Crippen MR) is 84.9 cm³/mol. The van der Waals surface area contributed by atoms with Gasteiger partial charge in [-0.2, -0.15) is 0 Å². The molecule has 2 rings (SSSR count). The van der Waals surface area contributed by atoms with Crippen molar-refractivity contribution in [1.29, 1.82) is 0 Å². The van der Waals surface area contributed by atoms with E-state index in [0.717, 1.165) is 11.1 Å². The molecule has 0 atom stereocenters. The maximum absolute atomic E-state index is 11.8. The van der Waals surface area contributed by atoms with E-state index in [4.69, 9.17) is 0 Å². The molecule has 0 aliphatic carbocycles. The number of carbonyl (C=O) groups excluding carboxylic acids is 2. The molecule has 2 heteroatoms. The van der Waals surface area contributed by atoms with Crippen LogP contribution in [0.2, 0.25) is 0 Å². The minimum absolute atomic E-state index is 0.0124. The van der Waals surface area contributed by atoms with E-state index in [0.29, 0.717) is 12.8 Å². The van der Waals surface area contributed by atoms with Gasteiger partial charge in [0.05, 0.1) is 6.42 Å². The van der Waals surface area contributed by atoms with Gasteiger partial charge in [-0.25, -0.2) is 0 Å². The number of aryl methyl sites for hydroxylation is 1. The molecule has 0 amide bonds. The summed E-state index contributed by atoms with van der Waals surface area (Å²) in [6.45, 7) is 0. The van der Waals surface area contributed by atoms with Crippen molar-refractivity contribution in [2.45, 2.75) is 19.3 Å². The average molecular weight is 278 g/mol. The summed E-state index contributed by atoms with van der Waals surface area (Å²) in [5.41, 5.74) is 2.08. The van der Waals surface area contributed by atoms with Gasteiger partial charge in [-0.15, -0.1) is 0 Å². The number of benzene rings is 2. The monoisotopic (exact) mass is 278 g/mol. The summed E-state index contributed by atoms with van der Waals surface area (Å²) in [7, 11) is 0. The quantitative estimate of drug-likeness (QED) is 0.569. The van der Waals surface area contributed by atoms with Crippen molar-refractivity contribution >= 4 is 17.6 Å². The molecule has 2 aromatic rings. The van der Waals surface area contributed by atoms with Crippen molar-refractivity contribution in [3.63, 3.8) is 0 Å². The second-order valence-electron chi connectivity index (χ2n) is 4.91. The van der Waals surface area contributed by atoms with Crippen LogP contribution in [0.15, 0.2) is 66.7 Å². The van der Waals surface area contributed by atoms with Crippen LogP contribution in [0.25, 0.3) is 6.08 Å². The van der Waals surface area contributed by atoms with E-state index in [1.165, 1.54) is 6.08 Å². The van der Waals surface area contributed by atoms with E-state index in [-0.39, 0.29) is 18.0 Å². The molecule has 0 aliphatic heterocycles. The molecule has 2 nitrogen and oxygen atoms in total. The van der Waals surface area contributed by atoms with Gasteiger partial charge in [0, 0.05) is 6.42 Å². The Balaban J connectivity index is 1.77. The number of hydrogen-bond donors (Lipinski definition) is 0. The number of carbonyl (C=O) groups is 2. The van der Waals surface area contributed by atoms with Gasteiger partial charge in [0.25, 0.3) is 0 Å². The summed E-state index contributed by atoms with van der Waals surface area (Å²) in [6, 6.07) is 19.4. The number of allylic oxidation sites excluding steroid dienone is 1. The first-order valence-corrected chi connectivity index (χ1v) is 7.05. The van der Waals surface area contributed by atoms with Crippen molar-refractivity contribution in [2.75, 3.05) is 0 Å². The fraction of sp³-hybridized carbons (Fsp3) is 0.158. The highest BCUT2D eigenvalue weighted by molar-refractivity contribution is 6.06. The van der Waals surface area contributed by atoms with Crippen LogP contribution in [0.5, 0.6) is 0 Å². The van der Waals surface area contributed by atoms with Crippen molar-refractivity contribution < 1.29 is 9.59 Å². The summed E-state index contributed by atoms with van der Waals surface area (Å²) in [5, 5.41) is 0. The molecule has 2 aromatic carbocycles. The predicted octanol–water partition coefficient (Wildman–Crippen LogP) is 3.86. The SMILES string of the molecule is O=C(/C=C/c1ccccc1)CC(=O)CCc1ccccc1. The van der Waals surface area contributed by atoms with Gasteiger partial charge in [0.1, 0.15) is 5.78 Å². The molecule has 0 unspecified atom stereocenters. The first kappa shape index (κ1) is 14.9. The maximum atomic E-state index is 11.8. The highest BCUT2D eigenvalue weighted by Crippen LogP contribution is 2.06. The van der Waals surface area contributed by atoms with Crippen LogP contribution < -0.4 is 0 Å². The molecule has 106 valence electrons. The lowest BCUT2D eigenvalue weighted by atomic mass is 10.0. The zero-order valence-corrected chi connectivity index (χ0v) is 11.9. The third-order valence-corrected chi connectivity index (χ3v) is 3.17. The number of ketones is 2. The Morgan fingerprint density at radius 3 is 2.14 bits per heavy atom. The Bertz CT molecular complexity index is 613. The first-order valence-electron chi connectivity index (χ1n) is 7.05. The Kier molecular flexibility index (Phi) is 5.65. The minimum Gasteiger partial charge on any atom is -0.299 e. The zero-order chi connectivity index (χ0) is 14.9. The van der Waals surface area contributed by atoms with Gasteiger partial charge in [-0.05, 0) is 23.6 Å². The lowest BCUT2D eigenvalue weighted by Gasteiger charge is -2.00. The lowest BCUT2D eigenvalue weighted by molar-refractivity contribution is -0.124. The lowest BCUT2D eigenvalue weighted by Crippen LogP contribution is -2.06. The van der Waals surface area contributed by atoms with Gasteiger partial charge in [-0.1, -0.05) is 66.7 Å². The van der Waals surface area contributed by atoms with E-state index >= 15 is 0 Å². The highest BCUT2D eigenvalue weighted by atomic mass is 16.1. The van der Waals surface area contributed by atoms with Gasteiger partial charge in [0.15, 0.2) is 5.78 Å². The van der Waals surface area contributed by atoms with E-state index in [1.54, 1.807) is 6.08 Å². The Morgan fingerprint density at radius 2 is 1.48 bits per heavy atom. The summed E-state index contributed by atoms with van der Waals surface area (Å²) in [4.78, 5) is 23.5. The van der Waals surface area contributed by atoms with E-state index in [9.17, 15) is 9.59 Å². The third-order valence-electron chi connectivity index (χ3n) is 3.17. The molecular formula is C19H18O2. The Hall–Kier alpha value is -2.48. The van der Waals surface area contributed by atoms with Crippen LogP contribution in [-0.4, -0.2) is 11.6 Å². The summed E-state index contributed by atoms with van der Waals surface area (Å²) in [5.74, 6) is -0.154. The Morgan fingerprint density at radius 1 is 0.857 bits per heavy atom. The topological polar surface area (TPSA) is 34.1 Å². The van der Waals surface area contributed by atoms with Crippen molar-refractivity contribution in [3.05, 3.63) is 77.9 Å². The molecule has 0 aromatic heterocycles. The molecule has 0 spiro atoms. The van der Waals surface area contributed by atoms with Crippen LogP contribution in [0.4, 0.5) is 0 Å². The molecular weight excluding hydrogens is 260 g/mol. The summed E-state index contributed by atoms with van der Waals surface area (Å²) < 4.78 is 0. The van der Waals surface area contributed by atoms with Crippen molar-refractivity contribution in [1.82, 2.24) is 0 Å². The van der Waals surface area contributed by atoms with Gasteiger partial charge in [0.2, 0.25) is 0 Å². The fourth-order valence-corrected chi connectivity index (χ4v) is 2.02. The number of hydrogen-bond acceptors (Lipinski definition) is 2. The summed E-state index contributed by atoms with van der Waals surface area (Å²) >= 11 is 0. The highest BCUT2D eigenvalue weighted by Gasteiger charge is 2.07. The average Bonchev–Trinajstić information content (AvgIpc) is 2.53. The minimum atomic E-state index is -0.142. The van der Waals surface area contributed by atoms with Crippen LogP contribution >= 0.6 is 0 Å². The Labute approximate surface area is 125 Å². The first-order chi connectivity index (χ1) is 10.2. The van der Waals surface area contributed by atoms with Crippen LogP contribution in [0.1, 0.15) is 24.0 Å². The molecule has 0 heterocycles. The van der Waals surface area contributed by atoms with Crippen LogP contribution in [0, 0.1) is 0 Å². The summed E-state index contributed by atoms with van der Waals surface area (Å²) in [6.07, 6.45) is 4.31. The number of Topliss-reactive ketones (excluding diaryl/α,β-unsaturated/α-hetero) is 1. The van der Waals surface area contributed by atoms with Gasteiger partial charge >= 0.3 is 0 Å². The van der Waals surface area contributed by atoms with E-state index in [1.807, 2.05) is 60.7 Å². The smallest absolute Gasteiger partial charge is 0.163 e. The van der Waals surface area contributed by atoms with E-state index in [2.05, 4.69) is 0 Å². The van der Waals surface area contributed by atoms with E-state index < -0.39 is 0 Å². The molecule has 0 aliphatic rings. The van der Waals surface area contributed by atoms with Gasteiger partial charge < -0.3 is 0 Å². The second kappa shape index (κ2) is 7.95. The van der Waals surface area contributed by atoms with Gasteiger partial charge in [-0.3, -0.25) is 9.59 Å². The molecule has 21 heavy (non-hydrogen) atoms. The fourth-order valence-electron chi connectivity index (χ4n) is 2.02. The van der Waals surface area contributed by atoms with Crippen molar-refractivity contribution in [3.8, 4) is 0 Å². The third kappa shape index (κ3) is 5.57. The normalized spacial score (nSPS) is 10.7. The largest absolute Gasteiger partial charge is 0.299 e. The van der Waals surface area contributed by atoms with Crippen molar-refractivity contribution in [2.24, 2.45) is 0 Å².